The highest BCUT2D eigenvalue weighted by Crippen LogP contribution is 2.41. The van der Waals surface area contributed by atoms with Crippen LogP contribution in [0.5, 0.6) is 0 Å². The molecule has 1 spiro atoms. The Labute approximate surface area is 125 Å². The minimum atomic E-state index is 0.284. The first-order valence-electron chi connectivity index (χ1n) is 8.89. The van der Waals surface area contributed by atoms with Gasteiger partial charge in [-0.3, -0.25) is 0 Å². The molecule has 0 radical (unpaired) electrons. The molecule has 3 heteroatoms. The lowest BCUT2D eigenvalue weighted by atomic mass is 9.83. The van der Waals surface area contributed by atoms with Crippen LogP contribution in [0.15, 0.2) is 0 Å². The van der Waals surface area contributed by atoms with Crippen molar-refractivity contribution in [2.24, 2.45) is 0 Å². The van der Waals surface area contributed by atoms with Gasteiger partial charge in [0.15, 0.2) is 0 Å². The molecule has 0 amide bonds. The van der Waals surface area contributed by atoms with Gasteiger partial charge in [-0.25, -0.2) is 0 Å². The number of hydrogen-bond acceptors (Lipinski definition) is 3. The highest BCUT2D eigenvalue weighted by atomic mass is 16.5. The molecule has 2 rings (SSSR count). The third-order valence-electron chi connectivity index (χ3n) is 5.20. The molecule has 1 saturated carbocycles. The summed E-state index contributed by atoms with van der Waals surface area (Å²) in [6.07, 6.45) is 11.1. The fourth-order valence-corrected chi connectivity index (χ4v) is 3.83. The van der Waals surface area contributed by atoms with E-state index in [1.54, 1.807) is 0 Å². The summed E-state index contributed by atoms with van der Waals surface area (Å²) in [4.78, 5) is 2.49. The molecule has 2 fully saturated rings. The van der Waals surface area contributed by atoms with E-state index >= 15 is 0 Å². The lowest BCUT2D eigenvalue weighted by Gasteiger charge is -2.33. The van der Waals surface area contributed by atoms with Crippen molar-refractivity contribution in [3.05, 3.63) is 0 Å². The molecule has 1 unspecified atom stereocenters. The molecule has 1 aliphatic heterocycles. The maximum absolute atomic E-state index is 6.39. The lowest BCUT2D eigenvalue weighted by Crippen LogP contribution is -2.35. The molecule has 0 aromatic carbocycles. The van der Waals surface area contributed by atoms with Gasteiger partial charge in [-0.05, 0) is 58.3 Å². The maximum atomic E-state index is 6.39. The highest BCUT2D eigenvalue weighted by Gasteiger charge is 2.40. The van der Waals surface area contributed by atoms with Crippen LogP contribution in [-0.4, -0.2) is 49.3 Å². The molecule has 0 bridgehead atoms. The second-order valence-electron chi connectivity index (χ2n) is 6.61. The van der Waals surface area contributed by atoms with Crippen molar-refractivity contribution in [1.29, 1.82) is 0 Å². The third kappa shape index (κ3) is 4.71. The summed E-state index contributed by atoms with van der Waals surface area (Å²) in [5, 5.41) is 3.60. The molecule has 1 atom stereocenters. The third-order valence-corrected chi connectivity index (χ3v) is 5.20. The van der Waals surface area contributed by atoms with Crippen LogP contribution in [-0.2, 0) is 4.74 Å². The molecule has 3 nitrogen and oxygen atoms in total. The van der Waals surface area contributed by atoms with Crippen LogP contribution in [0.3, 0.4) is 0 Å². The zero-order valence-corrected chi connectivity index (χ0v) is 13.6. The normalized spacial score (nSPS) is 25.6. The fourth-order valence-electron chi connectivity index (χ4n) is 3.83. The van der Waals surface area contributed by atoms with Gasteiger partial charge in [0.05, 0.1) is 11.7 Å². The van der Waals surface area contributed by atoms with E-state index in [1.807, 2.05) is 0 Å². The second kappa shape index (κ2) is 8.35. The van der Waals surface area contributed by atoms with Crippen LogP contribution >= 0.6 is 0 Å². The number of nitrogens with one attached hydrogen (secondary N) is 1. The molecular weight excluding hydrogens is 248 g/mol. The molecule has 118 valence electrons. The Bertz CT molecular complexity index is 260. The van der Waals surface area contributed by atoms with E-state index in [0.29, 0.717) is 6.10 Å². The minimum Gasteiger partial charge on any atom is -0.370 e. The van der Waals surface area contributed by atoms with Gasteiger partial charge in [-0.15, -0.1) is 0 Å². The molecule has 1 aliphatic carbocycles. The smallest absolute Gasteiger partial charge is 0.0708 e. The number of ether oxygens (including phenoxy) is 1. The van der Waals surface area contributed by atoms with Crippen LogP contribution < -0.4 is 5.32 Å². The molecule has 20 heavy (non-hydrogen) atoms. The van der Waals surface area contributed by atoms with Crippen molar-refractivity contribution >= 4 is 0 Å². The Hall–Kier alpha value is -0.120. The highest BCUT2D eigenvalue weighted by molar-refractivity contribution is 4.91. The number of hydrogen-bond donors (Lipinski definition) is 1. The molecule has 1 saturated heterocycles. The quantitative estimate of drug-likeness (QED) is 0.692. The van der Waals surface area contributed by atoms with E-state index < -0.39 is 0 Å². The fraction of sp³-hybridized carbons (Fsp3) is 1.00. The Morgan fingerprint density at radius 1 is 1.10 bits per heavy atom. The van der Waals surface area contributed by atoms with E-state index in [9.17, 15) is 0 Å². The van der Waals surface area contributed by atoms with Crippen molar-refractivity contribution < 1.29 is 4.74 Å². The minimum absolute atomic E-state index is 0.284. The van der Waals surface area contributed by atoms with Gasteiger partial charge in [-0.1, -0.05) is 33.1 Å². The van der Waals surface area contributed by atoms with Gasteiger partial charge in [0.1, 0.15) is 0 Å². The van der Waals surface area contributed by atoms with Crippen molar-refractivity contribution in [1.82, 2.24) is 10.2 Å². The molecule has 1 heterocycles. The summed E-state index contributed by atoms with van der Waals surface area (Å²) < 4.78 is 6.39. The second-order valence-corrected chi connectivity index (χ2v) is 6.61. The summed E-state index contributed by atoms with van der Waals surface area (Å²) >= 11 is 0. The summed E-state index contributed by atoms with van der Waals surface area (Å²) in [6.45, 7) is 10.2. The largest absolute Gasteiger partial charge is 0.370 e. The number of nitrogens with zero attached hydrogens (tertiary/aromatic N) is 1. The SMILES string of the molecule is CCN(CC)CCCNCC1CCC2(CCCCC2)O1. The van der Waals surface area contributed by atoms with Gasteiger partial charge in [0.2, 0.25) is 0 Å². The first-order chi connectivity index (χ1) is 9.78. The molecule has 0 aromatic rings. The van der Waals surface area contributed by atoms with Crippen molar-refractivity contribution in [3.63, 3.8) is 0 Å². The predicted octanol–water partition coefficient (Wildman–Crippen LogP) is 3.19. The van der Waals surface area contributed by atoms with Crippen molar-refractivity contribution in [3.8, 4) is 0 Å². The average Bonchev–Trinajstić information content (AvgIpc) is 2.86. The van der Waals surface area contributed by atoms with Crippen LogP contribution in [0.4, 0.5) is 0 Å². The van der Waals surface area contributed by atoms with E-state index in [2.05, 4.69) is 24.1 Å². The molecular formula is C17H34N2O. The number of rotatable bonds is 8. The summed E-state index contributed by atoms with van der Waals surface area (Å²) in [7, 11) is 0. The first kappa shape index (κ1) is 16.3. The Balaban J connectivity index is 1.54. The van der Waals surface area contributed by atoms with Crippen molar-refractivity contribution in [2.45, 2.75) is 76.9 Å². The van der Waals surface area contributed by atoms with Gasteiger partial charge in [0, 0.05) is 6.54 Å². The van der Waals surface area contributed by atoms with Crippen LogP contribution in [0.1, 0.15) is 65.2 Å². The van der Waals surface area contributed by atoms with Crippen LogP contribution in [0.2, 0.25) is 0 Å². The first-order valence-corrected chi connectivity index (χ1v) is 8.89. The van der Waals surface area contributed by atoms with Gasteiger partial charge >= 0.3 is 0 Å². The summed E-state index contributed by atoms with van der Waals surface area (Å²) in [6, 6.07) is 0. The van der Waals surface area contributed by atoms with Crippen LogP contribution in [0, 0.1) is 0 Å². The average molecular weight is 282 g/mol. The van der Waals surface area contributed by atoms with Crippen LogP contribution in [0.25, 0.3) is 0 Å². The molecule has 0 aromatic heterocycles. The van der Waals surface area contributed by atoms with E-state index in [1.165, 1.54) is 71.0 Å². The van der Waals surface area contributed by atoms with Gasteiger partial charge in [0.25, 0.3) is 0 Å². The Morgan fingerprint density at radius 3 is 2.55 bits per heavy atom. The monoisotopic (exact) mass is 282 g/mol. The maximum Gasteiger partial charge on any atom is 0.0708 e. The molecule has 2 aliphatic rings. The lowest BCUT2D eigenvalue weighted by molar-refractivity contribution is -0.0623. The predicted molar refractivity (Wildman–Crippen MR) is 85.2 cm³/mol. The Morgan fingerprint density at radius 2 is 1.85 bits per heavy atom. The van der Waals surface area contributed by atoms with Crippen molar-refractivity contribution in [2.75, 3.05) is 32.7 Å². The van der Waals surface area contributed by atoms with Gasteiger partial charge in [-0.2, -0.15) is 0 Å². The standard InChI is InChI=1S/C17H34N2O/c1-3-19(4-2)14-8-13-18-15-16-9-12-17(20-16)10-6-5-7-11-17/h16,18H,3-15H2,1-2H3. The Kier molecular flexibility index (Phi) is 6.79. The topological polar surface area (TPSA) is 24.5 Å². The zero-order chi connectivity index (χ0) is 14.3. The van der Waals surface area contributed by atoms with E-state index in [-0.39, 0.29) is 5.60 Å². The van der Waals surface area contributed by atoms with Gasteiger partial charge < -0.3 is 15.0 Å². The zero-order valence-electron chi connectivity index (χ0n) is 13.6. The molecule has 1 N–H and O–H groups in total. The summed E-state index contributed by atoms with van der Waals surface area (Å²) in [5.74, 6) is 0. The van der Waals surface area contributed by atoms with E-state index in [0.717, 1.165) is 13.1 Å². The summed E-state index contributed by atoms with van der Waals surface area (Å²) in [5.41, 5.74) is 0.284. The van der Waals surface area contributed by atoms with E-state index in [4.69, 9.17) is 4.74 Å².